The van der Waals surface area contributed by atoms with Crippen molar-refractivity contribution in [3.05, 3.63) is 63.5 Å². The molecule has 0 fully saturated rings. The van der Waals surface area contributed by atoms with Crippen LogP contribution in [0.4, 0.5) is 15.8 Å². The molecule has 0 saturated heterocycles. The number of carbonyl (C=O) groups excluding carboxylic acids is 1. The van der Waals surface area contributed by atoms with Gasteiger partial charge in [-0.2, -0.15) is 5.26 Å². The number of hydrogen-bond acceptors (Lipinski definition) is 6. The fourth-order valence-corrected chi connectivity index (χ4v) is 2.17. The van der Waals surface area contributed by atoms with Gasteiger partial charge in [-0.15, -0.1) is 0 Å². The van der Waals surface area contributed by atoms with Crippen LogP contribution < -0.4 is 14.8 Å². The van der Waals surface area contributed by atoms with Crippen molar-refractivity contribution in [1.82, 2.24) is 0 Å². The number of anilines is 1. The van der Waals surface area contributed by atoms with Gasteiger partial charge in [0.1, 0.15) is 29.0 Å². The summed E-state index contributed by atoms with van der Waals surface area (Å²) >= 11 is 0. The van der Waals surface area contributed by atoms with E-state index < -0.39 is 28.0 Å². The average molecular weight is 371 g/mol. The van der Waals surface area contributed by atoms with Crippen molar-refractivity contribution in [2.45, 2.75) is 0 Å². The maximum atomic E-state index is 13.8. The number of carbonyl (C=O) groups is 1. The third-order valence-electron chi connectivity index (χ3n) is 3.51. The zero-order chi connectivity index (χ0) is 20.0. The molecule has 0 atom stereocenters. The Morgan fingerprint density at radius 3 is 2.59 bits per heavy atom. The smallest absolute Gasteiger partial charge is 0.271 e. The summed E-state index contributed by atoms with van der Waals surface area (Å²) in [6.45, 7) is 0. The van der Waals surface area contributed by atoms with Gasteiger partial charge in [0.2, 0.25) is 0 Å². The van der Waals surface area contributed by atoms with E-state index in [0.29, 0.717) is 17.1 Å². The number of non-ortho nitro benzene ring substituents is 1. The highest BCUT2D eigenvalue weighted by atomic mass is 19.1. The Kier molecular flexibility index (Phi) is 6.06. The first-order valence-corrected chi connectivity index (χ1v) is 7.48. The number of halogens is 1. The first-order valence-electron chi connectivity index (χ1n) is 7.48. The second kappa shape index (κ2) is 8.44. The zero-order valence-corrected chi connectivity index (χ0v) is 14.4. The number of amides is 1. The molecule has 138 valence electrons. The van der Waals surface area contributed by atoms with E-state index in [9.17, 15) is 24.6 Å². The highest BCUT2D eigenvalue weighted by Gasteiger charge is 2.16. The second-order valence-electron chi connectivity index (χ2n) is 5.15. The van der Waals surface area contributed by atoms with Crippen LogP contribution in [0.1, 0.15) is 5.56 Å². The van der Waals surface area contributed by atoms with Gasteiger partial charge in [-0.3, -0.25) is 14.9 Å². The Hall–Kier alpha value is -3.93. The molecule has 0 aliphatic heterocycles. The number of nitriles is 1. The number of nitro groups is 1. The summed E-state index contributed by atoms with van der Waals surface area (Å²) < 4.78 is 24.1. The Labute approximate surface area is 153 Å². The van der Waals surface area contributed by atoms with Crippen LogP contribution in [-0.4, -0.2) is 25.1 Å². The van der Waals surface area contributed by atoms with Crippen molar-refractivity contribution < 1.29 is 23.6 Å². The molecule has 0 radical (unpaired) electrons. The summed E-state index contributed by atoms with van der Waals surface area (Å²) in [4.78, 5) is 22.4. The number of rotatable bonds is 6. The Bertz CT molecular complexity index is 966. The van der Waals surface area contributed by atoms with E-state index in [1.54, 1.807) is 24.3 Å². The Morgan fingerprint density at radius 2 is 2.00 bits per heavy atom. The molecule has 27 heavy (non-hydrogen) atoms. The van der Waals surface area contributed by atoms with Gasteiger partial charge in [0.05, 0.1) is 24.8 Å². The van der Waals surface area contributed by atoms with Gasteiger partial charge >= 0.3 is 0 Å². The molecule has 0 saturated carbocycles. The Morgan fingerprint density at radius 1 is 1.26 bits per heavy atom. The fourth-order valence-electron chi connectivity index (χ4n) is 2.17. The van der Waals surface area contributed by atoms with Crippen molar-refractivity contribution >= 4 is 23.4 Å². The SMILES string of the molecule is COc1ccc(OC)c(C=C(C#N)C(=O)Nc2cc([N+](=O)[O-])ccc2F)c1. The molecule has 1 amide bonds. The number of nitrogens with one attached hydrogen (secondary N) is 1. The lowest BCUT2D eigenvalue weighted by Crippen LogP contribution is -2.14. The lowest BCUT2D eigenvalue weighted by Gasteiger charge is -2.09. The lowest BCUT2D eigenvalue weighted by atomic mass is 10.1. The third kappa shape index (κ3) is 4.58. The van der Waals surface area contributed by atoms with Crippen molar-refractivity contribution in [3.8, 4) is 17.6 Å². The van der Waals surface area contributed by atoms with Crippen LogP contribution in [-0.2, 0) is 4.79 Å². The standard InChI is InChI=1S/C18H14FN3O5/c1-26-14-4-6-17(27-2)11(8-14)7-12(10-20)18(23)21-16-9-13(22(24)25)3-5-15(16)19/h3-9H,1-2H3,(H,21,23). The monoisotopic (exact) mass is 371 g/mol. The van der Waals surface area contributed by atoms with Gasteiger partial charge in [0.25, 0.3) is 11.6 Å². The van der Waals surface area contributed by atoms with Gasteiger partial charge in [0, 0.05) is 17.7 Å². The maximum absolute atomic E-state index is 13.8. The number of nitro benzene ring substituents is 1. The molecule has 2 aromatic carbocycles. The summed E-state index contributed by atoms with van der Waals surface area (Å²) in [7, 11) is 2.88. The first-order chi connectivity index (χ1) is 12.9. The molecular formula is C18H14FN3O5. The quantitative estimate of drug-likeness (QED) is 0.361. The summed E-state index contributed by atoms with van der Waals surface area (Å²) in [5, 5.41) is 22.2. The molecule has 0 unspecified atom stereocenters. The molecule has 2 aromatic rings. The summed E-state index contributed by atoms with van der Waals surface area (Å²) in [6, 6.07) is 9.19. The van der Waals surface area contributed by atoms with Crippen LogP contribution in [0.2, 0.25) is 0 Å². The van der Waals surface area contributed by atoms with E-state index in [2.05, 4.69) is 5.32 Å². The van der Waals surface area contributed by atoms with Crippen LogP contribution in [0.3, 0.4) is 0 Å². The normalized spacial score (nSPS) is 10.7. The van der Waals surface area contributed by atoms with Gasteiger partial charge in [-0.05, 0) is 30.3 Å². The molecule has 0 aliphatic rings. The summed E-state index contributed by atoms with van der Waals surface area (Å²) in [6.07, 6.45) is 1.24. The van der Waals surface area contributed by atoms with E-state index in [1.807, 2.05) is 0 Å². The highest BCUT2D eigenvalue weighted by molar-refractivity contribution is 6.10. The molecule has 0 aromatic heterocycles. The van der Waals surface area contributed by atoms with E-state index in [1.165, 1.54) is 20.3 Å². The maximum Gasteiger partial charge on any atom is 0.271 e. The second-order valence-corrected chi connectivity index (χ2v) is 5.15. The van der Waals surface area contributed by atoms with Gasteiger partial charge in [-0.1, -0.05) is 0 Å². The molecular weight excluding hydrogens is 357 g/mol. The molecule has 0 aliphatic carbocycles. The van der Waals surface area contributed by atoms with Crippen molar-refractivity contribution in [2.24, 2.45) is 0 Å². The summed E-state index contributed by atoms with van der Waals surface area (Å²) in [5.74, 6) is -0.936. The predicted molar refractivity (Wildman–Crippen MR) is 94.8 cm³/mol. The minimum absolute atomic E-state index is 0.354. The van der Waals surface area contributed by atoms with Gasteiger partial charge in [0.15, 0.2) is 0 Å². The van der Waals surface area contributed by atoms with Crippen LogP contribution in [0.5, 0.6) is 11.5 Å². The molecule has 9 heteroatoms. The molecule has 2 rings (SSSR count). The predicted octanol–water partition coefficient (Wildman–Crippen LogP) is 3.30. The van der Waals surface area contributed by atoms with E-state index in [-0.39, 0.29) is 5.57 Å². The average Bonchev–Trinajstić information content (AvgIpc) is 2.67. The van der Waals surface area contributed by atoms with Crippen LogP contribution in [0.15, 0.2) is 42.0 Å². The largest absolute Gasteiger partial charge is 0.497 e. The van der Waals surface area contributed by atoms with E-state index in [0.717, 1.165) is 18.2 Å². The van der Waals surface area contributed by atoms with Crippen molar-refractivity contribution in [3.63, 3.8) is 0 Å². The molecule has 1 N–H and O–H groups in total. The molecule has 0 bridgehead atoms. The topological polar surface area (TPSA) is 114 Å². The lowest BCUT2D eigenvalue weighted by molar-refractivity contribution is -0.384. The molecule has 0 heterocycles. The zero-order valence-electron chi connectivity index (χ0n) is 14.4. The molecule has 8 nitrogen and oxygen atoms in total. The van der Waals surface area contributed by atoms with Crippen molar-refractivity contribution in [1.29, 1.82) is 5.26 Å². The molecule has 0 spiro atoms. The summed E-state index contributed by atoms with van der Waals surface area (Å²) in [5.41, 5.74) is -0.771. The third-order valence-corrected chi connectivity index (χ3v) is 3.51. The van der Waals surface area contributed by atoms with Crippen molar-refractivity contribution in [2.75, 3.05) is 19.5 Å². The van der Waals surface area contributed by atoms with Gasteiger partial charge < -0.3 is 14.8 Å². The minimum Gasteiger partial charge on any atom is -0.497 e. The Balaban J connectivity index is 2.37. The van der Waals surface area contributed by atoms with E-state index >= 15 is 0 Å². The van der Waals surface area contributed by atoms with Crippen LogP contribution in [0, 0.1) is 27.3 Å². The minimum atomic E-state index is -0.929. The van der Waals surface area contributed by atoms with Gasteiger partial charge in [-0.25, -0.2) is 4.39 Å². The number of hydrogen-bond donors (Lipinski definition) is 1. The number of ether oxygens (including phenoxy) is 2. The first kappa shape index (κ1) is 19.4. The van der Waals surface area contributed by atoms with E-state index in [4.69, 9.17) is 9.47 Å². The number of benzene rings is 2. The van der Waals surface area contributed by atoms with Crippen LogP contribution >= 0.6 is 0 Å². The number of nitrogens with zero attached hydrogens (tertiary/aromatic N) is 2. The number of methoxy groups -OCH3 is 2. The fraction of sp³-hybridized carbons (Fsp3) is 0.111. The van der Waals surface area contributed by atoms with Crippen LogP contribution in [0.25, 0.3) is 6.08 Å². The highest BCUT2D eigenvalue weighted by Crippen LogP contribution is 2.27.